The molecule has 0 unspecified atom stereocenters. The van der Waals surface area contributed by atoms with E-state index < -0.39 is 0 Å². The number of anilines is 1. The summed E-state index contributed by atoms with van der Waals surface area (Å²) in [5.74, 6) is 1.15. The molecule has 6 heteroatoms. The van der Waals surface area contributed by atoms with Crippen molar-refractivity contribution >= 4 is 17.6 Å². The Morgan fingerprint density at radius 3 is 2.94 bits per heavy atom. The lowest BCUT2D eigenvalue weighted by atomic mass is 10.4. The molecule has 1 aromatic rings. The van der Waals surface area contributed by atoms with Crippen LogP contribution in [0.4, 0.5) is 6.01 Å². The molecule has 16 heavy (non-hydrogen) atoms. The molecule has 5 nitrogen and oxygen atoms in total. The van der Waals surface area contributed by atoms with Gasteiger partial charge in [-0.25, -0.2) is 0 Å². The molecule has 0 aliphatic carbocycles. The van der Waals surface area contributed by atoms with Gasteiger partial charge in [0.25, 0.3) is 0 Å². The summed E-state index contributed by atoms with van der Waals surface area (Å²) < 4.78 is 5.56. The van der Waals surface area contributed by atoms with Crippen molar-refractivity contribution in [2.75, 3.05) is 44.0 Å². The fourth-order valence-electron chi connectivity index (χ4n) is 1.79. The van der Waals surface area contributed by atoms with E-state index in [1.807, 2.05) is 0 Å². The molecule has 0 atom stereocenters. The van der Waals surface area contributed by atoms with E-state index in [4.69, 9.17) is 16.0 Å². The van der Waals surface area contributed by atoms with Crippen molar-refractivity contribution in [2.45, 2.75) is 12.8 Å². The number of hydrogen-bond acceptors (Lipinski definition) is 5. The Balaban J connectivity index is 1.99. The summed E-state index contributed by atoms with van der Waals surface area (Å²) in [7, 11) is 2.14. The minimum absolute atomic E-state index is 0.518. The zero-order valence-corrected chi connectivity index (χ0v) is 10.3. The number of hydrogen-bond donors (Lipinski definition) is 0. The Hall–Kier alpha value is -0.810. The molecule has 1 aromatic heterocycles. The normalized spacial score (nSPS) is 18.8. The van der Waals surface area contributed by atoms with Crippen LogP contribution < -0.4 is 4.90 Å². The number of aryl methyl sites for hydroxylation is 1. The lowest BCUT2D eigenvalue weighted by Crippen LogP contribution is -2.28. The molecule has 0 radical (unpaired) electrons. The van der Waals surface area contributed by atoms with Crippen LogP contribution in [-0.2, 0) is 6.42 Å². The van der Waals surface area contributed by atoms with Gasteiger partial charge in [0.2, 0.25) is 5.89 Å². The van der Waals surface area contributed by atoms with Crippen LogP contribution in [0, 0.1) is 0 Å². The Labute approximate surface area is 100 Å². The molecule has 1 fully saturated rings. The maximum atomic E-state index is 5.63. The highest BCUT2D eigenvalue weighted by Crippen LogP contribution is 2.14. The van der Waals surface area contributed by atoms with Crippen molar-refractivity contribution < 1.29 is 4.42 Å². The quantitative estimate of drug-likeness (QED) is 0.743. The van der Waals surface area contributed by atoms with Gasteiger partial charge in [-0.1, -0.05) is 5.10 Å². The molecule has 0 saturated carbocycles. The molecule has 2 rings (SSSR count). The van der Waals surface area contributed by atoms with Gasteiger partial charge in [-0.2, -0.15) is 0 Å². The summed E-state index contributed by atoms with van der Waals surface area (Å²) in [5.41, 5.74) is 0. The average molecular weight is 245 g/mol. The first-order chi connectivity index (χ1) is 7.79. The van der Waals surface area contributed by atoms with Gasteiger partial charge < -0.3 is 14.2 Å². The predicted molar refractivity (Wildman–Crippen MR) is 63.0 cm³/mol. The topological polar surface area (TPSA) is 45.4 Å². The van der Waals surface area contributed by atoms with Crippen molar-refractivity contribution in [2.24, 2.45) is 0 Å². The Bertz CT molecular complexity index is 330. The summed E-state index contributed by atoms with van der Waals surface area (Å²) in [5, 5.41) is 8.03. The van der Waals surface area contributed by atoms with Gasteiger partial charge >= 0.3 is 6.01 Å². The second-order valence-electron chi connectivity index (χ2n) is 4.06. The molecule has 1 aliphatic rings. The third-order valence-electron chi connectivity index (χ3n) is 2.75. The van der Waals surface area contributed by atoms with Gasteiger partial charge in [0.1, 0.15) is 0 Å². The van der Waals surface area contributed by atoms with Crippen LogP contribution in [0.5, 0.6) is 0 Å². The summed E-state index contributed by atoms with van der Waals surface area (Å²) in [4.78, 5) is 4.46. The Morgan fingerprint density at radius 2 is 2.12 bits per heavy atom. The molecule has 0 aromatic carbocycles. The molecular formula is C10H17ClN4O. The third kappa shape index (κ3) is 2.86. The second kappa shape index (κ2) is 5.50. The van der Waals surface area contributed by atoms with Gasteiger partial charge in [-0.3, -0.25) is 0 Å². The summed E-state index contributed by atoms with van der Waals surface area (Å²) in [6.07, 6.45) is 1.77. The molecule has 90 valence electrons. The number of alkyl halides is 1. The summed E-state index contributed by atoms with van der Waals surface area (Å²) >= 11 is 5.63. The molecule has 1 saturated heterocycles. The highest BCUT2D eigenvalue weighted by molar-refractivity contribution is 6.17. The fraction of sp³-hybridized carbons (Fsp3) is 0.800. The van der Waals surface area contributed by atoms with E-state index in [9.17, 15) is 0 Å². The van der Waals surface area contributed by atoms with Gasteiger partial charge in [-0.05, 0) is 20.0 Å². The van der Waals surface area contributed by atoms with Gasteiger partial charge in [0, 0.05) is 31.9 Å². The SMILES string of the molecule is CN1CCCN(c2nnc(CCCl)o2)CC1. The Kier molecular flexibility index (Phi) is 4.01. The van der Waals surface area contributed by atoms with Crippen molar-refractivity contribution in [3.8, 4) is 0 Å². The standard InChI is InChI=1S/C10H17ClN4O/c1-14-5-2-6-15(8-7-14)10-13-12-9(16-10)3-4-11/h2-8H2,1H3. The molecule has 0 amide bonds. The monoisotopic (exact) mass is 244 g/mol. The smallest absolute Gasteiger partial charge is 0.318 e. The number of rotatable bonds is 3. The summed E-state index contributed by atoms with van der Waals surface area (Å²) in [6.45, 7) is 4.08. The fourth-order valence-corrected chi connectivity index (χ4v) is 1.95. The first-order valence-electron chi connectivity index (χ1n) is 5.61. The summed E-state index contributed by atoms with van der Waals surface area (Å²) in [6, 6.07) is 0.635. The molecular weight excluding hydrogens is 228 g/mol. The van der Waals surface area contributed by atoms with Crippen LogP contribution >= 0.6 is 11.6 Å². The first kappa shape index (κ1) is 11.7. The average Bonchev–Trinajstić information content (AvgIpc) is 2.62. The first-order valence-corrected chi connectivity index (χ1v) is 6.15. The molecule has 0 spiro atoms. The zero-order chi connectivity index (χ0) is 11.4. The van der Waals surface area contributed by atoms with E-state index in [0.717, 1.165) is 32.6 Å². The van der Waals surface area contributed by atoms with E-state index in [1.165, 1.54) is 0 Å². The highest BCUT2D eigenvalue weighted by Gasteiger charge is 2.17. The predicted octanol–water partition coefficient (Wildman–Crippen LogP) is 0.993. The number of nitrogens with zero attached hydrogens (tertiary/aromatic N) is 4. The van der Waals surface area contributed by atoms with Crippen LogP contribution in [0.1, 0.15) is 12.3 Å². The van der Waals surface area contributed by atoms with Crippen LogP contribution in [0.2, 0.25) is 0 Å². The lowest BCUT2D eigenvalue weighted by molar-refractivity contribution is 0.359. The van der Waals surface area contributed by atoms with Crippen LogP contribution in [0.25, 0.3) is 0 Å². The van der Waals surface area contributed by atoms with Gasteiger partial charge in [-0.15, -0.1) is 16.7 Å². The Morgan fingerprint density at radius 1 is 1.25 bits per heavy atom. The van der Waals surface area contributed by atoms with E-state index in [1.54, 1.807) is 0 Å². The minimum atomic E-state index is 0.518. The zero-order valence-electron chi connectivity index (χ0n) is 9.52. The van der Waals surface area contributed by atoms with E-state index in [-0.39, 0.29) is 0 Å². The van der Waals surface area contributed by atoms with E-state index in [2.05, 4.69) is 27.0 Å². The number of halogens is 1. The van der Waals surface area contributed by atoms with Crippen molar-refractivity contribution in [1.29, 1.82) is 0 Å². The largest absolute Gasteiger partial charge is 0.408 e. The molecule has 2 heterocycles. The van der Waals surface area contributed by atoms with Crippen LogP contribution in [0.15, 0.2) is 4.42 Å². The maximum Gasteiger partial charge on any atom is 0.318 e. The second-order valence-corrected chi connectivity index (χ2v) is 4.44. The van der Waals surface area contributed by atoms with E-state index >= 15 is 0 Å². The van der Waals surface area contributed by atoms with Crippen molar-refractivity contribution in [1.82, 2.24) is 15.1 Å². The van der Waals surface area contributed by atoms with Gasteiger partial charge in [0.15, 0.2) is 0 Å². The van der Waals surface area contributed by atoms with Crippen LogP contribution in [-0.4, -0.2) is 54.2 Å². The number of aromatic nitrogens is 2. The minimum Gasteiger partial charge on any atom is -0.408 e. The van der Waals surface area contributed by atoms with Gasteiger partial charge in [0.05, 0.1) is 0 Å². The molecule has 1 aliphatic heterocycles. The highest BCUT2D eigenvalue weighted by atomic mass is 35.5. The van der Waals surface area contributed by atoms with Crippen molar-refractivity contribution in [3.05, 3.63) is 5.89 Å². The third-order valence-corrected chi connectivity index (χ3v) is 2.94. The van der Waals surface area contributed by atoms with E-state index in [0.29, 0.717) is 24.2 Å². The molecule has 0 N–H and O–H groups in total. The maximum absolute atomic E-state index is 5.63. The molecule has 0 bridgehead atoms. The lowest BCUT2D eigenvalue weighted by Gasteiger charge is -2.17. The van der Waals surface area contributed by atoms with Crippen LogP contribution in [0.3, 0.4) is 0 Å². The number of likely N-dealkylation sites (N-methyl/N-ethyl adjacent to an activating group) is 1. The van der Waals surface area contributed by atoms with Crippen molar-refractivity contribution in [3.63, 3.8) is 0 Å².